The number of rotatable bonds is 14. The third kappa shape index (κ3) is 7.89. The molecule has 5 nitrogen and oxygen atoms in total. The van der Waals surface area contributed by atoms with E-state index >= 15 is 0 Å². The summed E-state index contributed by atoms with van der Waals surface area (Å²) in [6, 6.07) is 5.23. The predicted molar refractivity (Wildman–Crippen MR) is 102 cm³/mol. The molecule has 0 spiro atoms. The molecule has 0 unspecified atom stereocenters. The first-order chi connectivity index (χ1) is 12.6. The SMILES string of the molecule is CCCCOC(=O)CC(=O)c1cccc(OCCCC)c1OCCCC. The summed E-state index contributed by atoms with van der Waals surface area (Å²) in [6.07, 6.45) is 5.28. The number of hydrogen-bond donors (Lipinski definition) is 0. The molecule has 0 saturated carbocycles. The van der Waals surface area contributed by atoms with E-state index in [1.54, 1.807) is 18.2 Å². The Labute approximate surface area is 157 Å². The summed E-state index contributed by atoms with van der Waals surface area (Å²) in [5.74, 6) is 0.183. The van der Waals surface area contributed by atoms with Crippen molar-refractivity contribution in [2.24, 2.45) is 0 Å². The average Bonchev–Trinajstić information content (AvgIpc) is 2.63. The van der Waals surface area contributed by atoms with Crippen molar-refractivity contribution < 1.29 is 23.8 Å². The number of Topliss-reactive ketones (excluding diaryl/α,β-unsaturated/α-hetero) is 1. The van der Waals surface area contributed by atoms with E-state index in [1.165, 1.54) is 0 Å². The van der Waals surface area contributed by atoms with Crippen LogP contribution in [0.15, 0.2) is 18.2 Å². The summed E-state index contributed by atoms with van der Waals surface area (Å²) < 4.78 is 16.7. The summed E-state index contributed by atoms with van der Waals surface area (Å²) in [7, 11) is 0. The maximum absolute atomic E-state index is 12.6. The highest BCUT2D eigenvalue weighted by Crippen LogP contribution is 2.32. The number of para-hydroxylation sites is 1. The van der Waals surface area contributed by atoms with Gasteiger partial charge in [-0.1, -0.05) is 46.1 Å². The molecule has 1 aromatic carbocycles. The summed E-state index contributed by atoms with van der Waals surface area (Å²) in [6.45, 7) is 7.60. The van der Waals surface area contributed by atoms with Crippen LogP contribution in [0, 0.1) is 0 Å². The van der Waals surface area contributed by atoms with Gasteiger partial charge in [0, 0.05) is 0 Å². The van der Waals surface area contributed by atoms with Gasteiger partial charge < -0.3 is 14.2 Å². The van der Waals surface area contributed by atoms with Gasteiger partial charge in [-0.2, -0.15) is 0 Å². The van der Waals surface area contributed by atoms with E-state index < -0.39 is 5.97 Å². The zero-order chi connectivity index (χ0) is 19.2. The molecule has 0 aliphatic rings. The van der Waals surface area contributed by atoms with Gasteiger partial charge >= 0.3 is 5.97 Å². The highest BCUT2D eigenvalue weighted by molar-refractivity contribution is 6.08. The number of hydrogen-bond acceptors (Lipinski definition) is 5. The molecule has 1 aromatic rings. The topological polar surface area (TPSA) is 61.8 Å². The first-order valence-electron chi connectivity index (χ1n) is 9.71. The Morgan fingerprint density at radius 2 is 1.46 bits per heavy atom. The number of ketones is 1. The molecule has 0 bridgehead atoms. The van der Waals surface area contributed by atoms with E-state index in [-0.39, 0.29) is 12.2 Å². The van der Waals surface area contributed by atoms with Crippen molar-refractivity contribution in [3.63, 3.8) is 0 Å². The largest absolute Gasteiger partial charge is 0.490 e. The van der Waals surface area contributed by atoms with Crippen LogP contribution < -0.4 is 9.47 Å². The predicted octanol–water partition coefficient (Wildman–Crippen LogP) is 4.96. The standard InChI is InChI=1S/C21H32O5/c1-4-7-13-24-19-12-10-11-17(21(19)26-15-9-6-3)18(22)16-20(23)25-14-8-5-2/h10-12H,4-9,13-16H2,1-3H3. The molecule has 146 valence electrons. The molecule has 0 heterocycles. The lowest BCUT2D eigenvalue weighted by atomic mass is 10.1. The Morgan fingerprint density at radius 1 is 0.846 bits per heavy atom. The monoisotopic (exact) mass is 364 g/mol. The molecule has 0 aliphatic heterocycles. The zero-order valence-corrected chi connectivity index (χ0v) is 16.3. The number of benzene rings is 1. The lowest BCUT2D eigenvalue weighted by Gasteiger charge is -2.16. The number of ether oxygens (including phenoxy) is 3. The van der Waals surface area contributed by atoms with Gasteiger partial charge in [-0.3, -0.25) is 9.59 Å². The minimum absolute atomic E-state index is 0.285. The van der Waals surface area contributed by atoms with Crippen LogP contribution >= 0.6 is 0 Å². The molecule has 0 aliphatic carbocycles. The van der Waals surface area contributed by atoms with Crippen LogP contribution in [-0.4, -0.2) is 31.6 Å². The van der Waals surface area contributed by atoms with Crippen LogP contribution in [0.25, 0.3) is 0 Å². The van der Waals surface area contributed by atoms with Gasteiger partial charge in [0.05, 0.1) is 25.4 Å². The van der Waals surface area contributed by atoms with Crippen LogP contribution in [0.5, 0.6) is 11.5 Å². The molecular weight excluding hydrogens is 332 g/mol. The minimum atomic E-state index is -0.500. The molecule has 0 saturated heterocycles. The molecule has 0 fully saturated rings. The van der Waals surface area contributed by atoms with Crippen LogP contribution in [0.2, 0.25) is 0 Å². The molecule has 1 rings (SSSR count). The van der Waals surface area contributed by atoms with Crippen molar-refractivity contribution in [2.45, 2.75) is 65.7 Å². The van der Waals surface area contributed by atoms with E-state index in [0.717, 1.165) is 38.5 Å². The lowest BCUT2D eigenvalue weighted by Crippen LogP contribution is -2.14. The molecule has 5 heteroatoms. The Kier molecular flexibility index (Phi) is 11.2. The third-order valence-electron chi connectivity index (χ3n) is 3.84. The number of carbonyl (C=O) groups excluding carboxylic acids is 2. The summed E-state index contributed by atoms with van der Waals surface area (Å²) >= 11 is 0. The van der Waals surface area contributed by atoms with Crippen LogP contribution in [0.1, 0.15) is 76.1 Å². The smallest absolute Gasteiger partial charge is 0.313 e. The molecule has 0 atom stereocenters. The van der Waals surface area contributed by atoms with Gasteiger partial charge in [-0.25, -0.2) is 0 Å². The maximum Gasteiger partial charge on any atom is 0.313 e. The van der Waals surface area contributed by atoms with Crippen molar-refractivity contribution in [3.05, 3.63) is 23.8 Å². The highest BCUT2D eigenvalue weighted by atomic mass is 16.5. The maximum atomic E-state index is 12.6. The van der Waals surface area contributed by atoms with Gasteiger partial charge in [0.25, 0.3) is 0 Å². The Bertz CT molecular complexity index is 553. The summed E-state index contributed by atoms with van der Waals surface area (Å²) in [4.78, 5) is 24.4. The van der Waals surface area contributed by atoms with E-state index in [0.29, 0.717) is 36.9 Å². The van der Waals surface area contributed by atoms with Gasteiger partial charge in [-0.05, 0) is 31.4 Å². The zero-order valence-electron chi connectivity index (χ0n) is 16.3. The Balaban J connectivity index is 2.86. The fourth-order valence-electron chi connectivity index (χ4n) is 2.25. The lowest BCUT2D eigenvalue weighted by molar-refractivity contribution is -0.142. The van der Waals surface area contributed by atoms with Gasteiger partial charge in [0.2, 0.25) is 0 Å². The Hall–Kier alpha value is -2.04. The van der Waals surface area contributed by atoms with E-state index in [2.05, 4.69) is 13.8 Å². The molecule has 26 heavy (non-hydrogen) atoms. The van der Waals surface area contributed by atoms with Crippen molar-refractivity contribution >= 4 is 11.8 Å². The minimum Gasteiger partial charge on any atom is -0.490 e. The second-order valence-corrected chi connectivity index (χ2v) is 6.21. The first-order valence-corrected chi connectivity index (χ1v) is 9.71. The fraction of sp³-hybridized carbons (Fsp3) is 0.619. The van der Waals surface area contributed by atoms with Gasteiger partial charge in [0.15, 0.2) is 17.3 Å². The van der Waals surface area contributed by atoms with Crippen LogP contribution in [0.4, 0.5) is 0 Å². The normalized spacial score (nSPS) is 10.4. The van der Waals surface area contributed by atoms with E-state index in [4.69, 9.17) is 14.2 Å². The highest BCUT2D eigenvalue weighted by Gasteiger charge is 2.20. The summed E-state index contributed by atoms with van der Waals surface area (Å²) in [5, 5.41) is 0. The van der Waals surface area contributed by atoms with Crippen LogP contribution in [0.3, 0.4) is 0 Å². The van der Waals surface area contributed by atoms with Crippen molar-refractivity contribution in [1.82, 2.24) is 0 Å². The summed E-state index contributed by atoms with van der Waals surface area (Å²) in [5.41, 5.74) is 0.377. The van der Waals surface area contributed by atoms with Gasteiger partial charge in [0.1, 0.15) is 6.42 Å². The molecule has 0 amide bonds. The number of unbranched alkanes of at least 4 members (excludes halogenated alkanes) is 3. The van der Waals surface area contributed by atoms with Crippen molar-refractivity contribution in [1.29, 1.82) is 0 Å². The van der Waals surface area contributed by atoms with E-state index in [1.807, 2.05) is 6.92 Å². The van der Waals surface area contributed by atoms with Crippen molar-refractivity contribution in [3.8, 4) is 11.5 Å². The molecular formula is C21H32O5. The first kappa shape index (κ1) is 22.0. The fourth-order valence-corrected chi connectivity index (χ4v) is 2.25. The average molecular weight is 364 g/mol. The molecule has 0 N–H and O–H groups in total. The van der Waals surface area contributed by atoms with Crippen molar-refractivity contribution in [2.75, 3.05) is 19.8 Å². The number of carbonyl (C=O) groups is 2. The second-order valence-electron chi connectivity index (χ2n) is 6.21. The van der Waals surface area contributed by atoms with E-state index in [9.17, 15) is 9.59 Å². The van der Waals surface area contributed by atoms with Crippen LogP contribution in [-0.2, 0) is 9.53 Å². The third-order valence-corrected chi connectivity index (χ3v) is 3.84. The quantitative estimate of drug-likeness (QED) is 0.202. The molecule has 0 radical (unpaired) electrons. The molecule has 0 aromatic heterocycles. The number of esters is 1. The second kappa shape index (κ2) is 13.2. The Morgan fingerprint density at radius 3 is 2.12 bits per heavy atom. The van der Waals surface area contributed by atoms with Gasteiger partial charge in [-0.15, -0.1) is 0 Å².